The number of hydrogen-bond acceptors (Lipinski definition) is 18. The van der Waals surface area contributed by atoms with Crippen molar-refractivity contribution >= 4 is 49.3 Å². The van der Waals surface area contributed by atoms with Crippen LogP contribution in [0.5, 0.6) is 0 Å². The van der Waals surface area contributed by atoms with Crippen LogP contribution in [0.1, 0.15) is 12.5 Å². The molecule has 6 aromatic rings. The fraction of sp³-hybridized carbons (Fsp3) is 0.294. The van der Waals surface area contributed by atoms with Gasteiger partial charge in [0.05, 0.1) is 24.0 Å². The fourth-order valence-electron chi connectivity index (χ4n) is 6.82. The Morgan fingerprint density at radius 3 is 1.44 bits per heavy atom. The van der Waals surface area contributed by atoms with Gasteiger partial charge in [-0.3, -0.25) is 9.13 Å². The monoisotopic (exact) mass is 906 g/mol. The number of fused-ring (bicyclic) bond motifs is 2. The van der Waals surface area contributed by atoms with E-state index in [0.29, 0.717) is 33.1 Å². The van der Waals surface area contributed by atoms with E-state index in [1.54, 1.807) is 12.4 Å². The molecule has 2 saturated heterocycles. The van der Waals surface area contributed by atoms with Crippen LogP contribution in [-0.2, 0) is 27.7 Å². The Morgan fingerprint density at radius 1 is 0.656 bits per heavy atom. The van der Waals surface area contributed by atoms with Crippen LogP contribution in [0.4, 0.5) is 16.0 Å². The van der Waals surface area contributed by atoms with E-state index in [2.05, 4.69) is 29.0 Å². The molecule has 0 saturated carbocycles. The van der Waals surface area contributed by atoms with Crippen LogP contribution in [-0.4, -0.2) is 109 Å². The number of nitrogens with zero attached hydrogens (tertiary/aromatic N) is 6. The Hall–Kier alpha value is -2.81. The third-order valence-electron chi connectivity index (χ3n) is 9.54. The van der Waals surface area contributed by atoms with Crippen molar-refractivity contribution in [3.05, 3.63) is 85.5 Å². The normalized spacial score (nSPS) is 25.5. The van der Waals surface area contributed by atoms with Crippen molar-refractivity contribution < 1.29 is 131 Å². The number of halogens is 1. The summed E-state index contributed by atoms with van der Waals surface area (Å²) in [6, 6.07) is 14.9. The molecule has 10 atom stereocenters. The van der Waals surface area contributed by atoms with E-state index in [1.165, 1.54) is 46.1 Å². The summed E-state index contributed by atoms with van der Waals surface area (Å²) in [4.78, 5) is 55.6. The van der Waals surface area contributed by atoms with Crippen LogP contribution in [0.15, 0.2) is 79.6 Å². The topological polar surface area (TPSA) is 352 Å². The first-order chi connectivity index (χ1) is 27.9. The van der Waals surface area contributed by atoms with E-state index in [-0.39, 0.29) is 76.4 Å². The number of aliphatic hydroxyl groups excluding tert-OH is 4. The maximum atomic E-state index is 13.3. The summed E-state index contributed by atoms with van der Waals surface area (Å²) in [5, 5.41) is 42.4. The molecule has 6 heterocycles. The molecule has 2 fully saturated rings. The van der Waals surface area contributed by atoms with E-state index < -0.39 is 83.8 Å². The molecule has 4 unspecified atom stereocenters. The van der Waals surface area contributed by atoms with Gasteiger partial charge in [0.1, 0.15) is 78.0 Å². The first kappa shape index (κ1) is 49.2. The Balaban J connectivity index is 0.000000224. The van der Waals surface area contributed by atoms with Gasteiger partial charge in [0.2, 0.25) is 0 Å². The molecule has 2 aromatic carbocycles. The van der Waals surface area contributed by atoms with Crippen molar-refractivity contribution in [1.82, 2.24) is 29.1 Å². The summed E-state index contributed by atoms with van der Waals surface area (Å²) < 4.78 is 57.7. The summed E-state index contributed by atoms with van der Waals surface area (Å²) >= 11 is 0. The molecule has 0 aliphatic carbocycles. The molecule has 22 nitrogen and oxygen atoms in total. The van der Waals surface area contributed by atoms with Gasteiger partial charge in [0.25, 0.3) is 15.6 Å². The van der Waals surface area contributed by atoms with Gasteiger partial charge in [-0.2, -0.15) is 0 Å². The zero-order valence-corrected chi connectivity index (χ0v) is 37.9. The van der Waals surface area contributed by atoms with Crippen LogP contribution < -0.4 is 80.4 Å². The van der Waals surface area contributed by atoms with Gasteiger partial charge in [-0.25, -0.2) is 24.3 Å². The molecule has 0 amide bonds. The smallest absolute Gasteiger partial charge is 0.756 e. The summed E-state index contributed by atoms with van der Waals surface area (Å²) in [6.45, 7) is -1.36. The van der Waals surface area contributed by atoms with Crippen molar-refractivity contribution in [1.29, 1.82) is 0 Å². The van der Waals surface area contributed by atoms with Crippen LogP contribution in [0.3, 0.4) is 0 Å². The van der Waals surface area contributed by atoms with Gasteiger partial charge in [0, 0.05) is 23.5 Å². The third-order valence-corrected chi connectivity index (χ3v) is 10.5. The second-order valence-electron chi connectivity index (χ2n) is 13.3. The second kappa shape index (κ2) is 19.9. The van der Waals surface area contributed by atoms with Crippen molar-refractivity contribution in [3.63, 3.8) is 0 Å². The van der Waals surface area contributed by atoms with Crippen LogP contribution in [0.2, 0.25) is 0 Å². The summed E-state index contributed by atoms with van der Waals surface area (Å²) in [6.07, 6.45) is -4.87. The number of anilines is 2. The van der Waals surface area contributed by atoms with Crippen molar-refractivity contribution in [2.45, 2.75) is 49.1 Å². The van der Waals surface area contributed by atoms with E-state index in [4.69, 9.17) is 30.7 Å². The van der Waals surface area contributed by atoms with Gasteiger partial charge in [-0.05, 0) is 23.3 Å². The Bertz CT molecular complexity index is 2550. The largest absolute Gasteiger partial charge is 1.00 e. The molecule has 0 bridgehead atoms. The molecular formula is C34H35FN8Na2O14P2. The van der Waals surface area contributed by atoms with E-state index >= 15 is 0 Å². The van der Waals surface area contributed by atoms with Gasteiger partial charge in [-0.1, -0.05) is 42.5 Å². The minimum atomic E-state index is -5.04. The minimum Gasteiger partial charge on any atom is -0.756 e. The van der Waals surface area contributed by atoms with E-state index in [9.17, 15) is 43.7 Å². The number of aromatic nitrogens is 6. The zero-order valence-electron chi connectivity index (χ0n) is 32.1. The van der Waals surface area contributed by atoms with Crippen molar-refractivity contribution in [2.24, 2.45) is 0 Å². The second-order valence-corrected chi connectivity index (χ2v) is 15.7. The number of nitrogen functional groups attached to an aromatic ring is 2. The number of phosphoric acid groups is 2. The molecule has 314 valence electrons. The molecule has 61 heavy (non-hydrogen) atoms. The molecule has 2 aliphatic rings. The number of benzene rings is 2. The summed E-state index contributed by atoms with van der Waals surface area (Å²) in [5.41, 5.74) is 15.4. The predicted molar refractivity (Wildman–Crippen MR) is 198 cm³/mol. The molecule has 27 heteroatoms. The average molecular weight is 907 g/mol. The van der Waals surface area contributed by atoms with Crippen molar-refractivity contribution in [2.75, 3.05) is 24.7 Å². The fourth-order valence-corrected chi connectivity index (χ4v) is 7.49. The Kier molecular flexibility index (Phi) is 16.1. The predicted octanol–water partition coefficient (Wildman–Crippen LogP) is -6.30. The summed E-state index contributed by atoms with van der Waals surface area (Å²) in [5.74, 6) is -0.0570. The van der Waals surface area contributed by atoms with Gasteiger partial charge in [-0.15, -0.1) is 0 Å². The number of phosphoric ester groups is 2. The number of hydrogen-bond donors (Lipinski definition) is 8. The minimum absolute atomic E-state index is 0. The number of aliphatic hydroxyl groups is 4. The third kappa shape index (κ3) is 10.8. The van der Waals surface area contributed by atoms with Gasteiger partial charge < -0.3 is 79.1 Å². The molecule has 8 rings (SSSR count). The Morgan fingerprint density at radius 2 is 1.05 bits per heavy atom. The number of nitrogens with two attached hydrogens (primary N) is 2. The summed E-state index contributed by atoms with van der Waals surface area (Å²) in [7, 11) is -10.0. The Labute approximate surface area is 388 Å². The molecule has 4 aromatic heterocycles. The van der Waals surface area contributed by atoms with Gasteiger partial charge in [0.15, 0.2) is 12.5 Å². The van der Waals surface area contributed by atoms with Gasteiger partial charge >= 0.3 is 59.1 Å². The van der Waals surface area contributed by atoms with E-state index in [0.717, 1.165) is 5.56 Å². The van der Waals surface area contributed by atoms with Crippen LogP contribution in [0.25, 0.3) is 44.3 Å². The van der Waals surface area contributed by atoms with Crippen LogP contribution in [0, 0.1) is 5.82 Å². The molecule has 0 spiro atoms. The standard InChI is InChI=1S/C17H18FN4O7P.C17H19N4O7P.2Na/c18-9-3-1-8(2-4-9)10-5-22(16-12(10)15(19)20-7-21-16)17-14(24)13(23)11(29-17)6-28-30(25,26)27;18-15-12-10(9-4-2-1-3-5-9)6-21(16(12)20-8-19-15)17-14(23)13(22)11(28-17)7-27-29(24,25)26;;/h1-5,7,11,13-14,17,23-24H,6H2,(H2,19,20,21)(H2,25,26,27);1-6,8,11,13-14,17,22-23H,7H2,(H2,18,19,20)(H2,24,25,26);;/q;;2*+1/p-2/t2*11-,13?,14+,17-;;/m11../s1. The molecule has 0 radical (unpaired) electrons. The zero-order chi connectivity index (χ0) is 42.4. The number of ether oxygens (including phenoxy) is 2. The molecular weight excluding hydrogens is 871 g/mol. The number of rotatable bonds is 10. The van der Waals surface area contributed by atoms with Crippen molar-refractivity contribution in [3.8, 4) is 22.3 Å². The molecule has 2 aliphatic heterocycles. The van der Waals surface area contributed by atoms with E-state index in [1.807, 2.05) is 30.3 Å². The quantitative estimate of drug-likeness (QED) is 0.0468. The SMILES string of the molecule is Nc1ncnc2c1c(-c1ccc(F)cc1)cn2[C@@H]1O[C@H](COP(=O)([O-])O)C(O)[C@@H]1O.Nc1ncnc2c1c(-c1ccccc1)cn2[C@@H]1O[C@H](COP(=O)([O-])O)C(O)[C@@H]1O.[Na+].[Na+]. The maximum Gasteiger partial charge on any atom is 1.00 e. The first-order valence-corrected chi connectivity index (χ1v) is 20.3. The van der Waals surface area contributed by atoms with Crippen LogP contribution >= 0.6 is 15.6 Å². The average Bonchev–Trinajstić information content (AvgIpc) is 3.92. The first-order valence-electron chi connectivity index (χ1n) is 17.3. The molecule has 10 N–H and O–H groups in total. The maximum absolute atomic E-state index is 13.3.